The van der Waals surface area contributed by atoms with E-state index in [1.807, 2.05) is 19.2 Å². The zero-order valence-electron chi connectivity index (χ0n) is 11.6. The van der Waals surface area contributed by atoms with Gasteiger partial charge in [0.2, 0.25) is 0 Å². The topological polar surface area (TPSA) is 42.1 Å². The van der Waals surface area contributed by atoms with Crippen LogP contribution in [0, 0.1) is 5.92 Å². The molecule has 0 aliphatic carbocycles. The Kier molecular flexibility index (Phi) is 4.94. The number of aromatic nitrogens is 1. The highest BCUT2D eigenvalue weighted by molar-refractivity contribution is 5.47. The van der Waals surface area contributed by atoms with Gasteiger partial charge in [-0.3, -0.25) is 0 Å². The maximum Gasteiger partial charge on any atom is 0.131 e. The smallest absolute Gasteiger partial charge is 0.131 e. The Morgan fingerprint density at radius 3 is 2.47 bits per heavy atom. The Hall–Kier alpha value is -1.09. The molecule has 96 valence electrons. The van der Waals surface area contributed by atoms with Gasteiger partial charge in [0.05, 0.1) is 0 Å². The van der Waals surface area contributed by atoms with Crippen LogP contribution >= 0.6 is 0 Å². The molecule has 0 spiro atoms. The van der Waals surface area contributed by atoms with E-state index < -0.39 is 0 Å². The molecule has 3 nitrogen and oxygen atoms in total. The van der Waals surface area contributed by atoms with Gasteiger partial charge in [-0.05, 0) is 37.8 Å². The van der Waals surface area contributed by atoms with Gasteiger partial charge >= 0.3 is 0 Å². The van der Waals surface area contributed by atoms with Crippen LogP contribution in [0.4, 0.5) is 5.82 Å². The van der Waals surface area contributed by atoms with Crippen molar-refractivity contribution in [1.82, 2.24) is 4.98 Å². The van der Waals surface area contributed by atoms with Crippen molar-refractivity contribution in [3.8, 4) is 0 Å². The van der Waals surface area contributed by atoms with E-state index in [-0.39, 0.29) is 6.04 Å². The third kappa shape index (κ3) is 3.70. The Morgan fingerprint density at radius 1 is 1.29 bits per heavy atom. The lowest BCUT2D eigenvalue weighted by Crippen LogP contribution is -2.35. The number of rotatable bonds is 5. The lowest BCUT2D eigenvalue weighted by Gasteiger charge is -2.30. The lowest BCUT2D eigenvalue weighted by atomic mass is 10.0. The molecule has 1 heterocycles. The summed E-state index contributed by atoms with van der Waals surface area (Å²) in [6, 6.07) is 4.74. The van der Waals surface area contributed by atoms with Crippen LogP contribution in [-0.2, 0) is 6.42 Å². The van der Waals surface area contributed by atoms with E-state index in [1.54, 1.807) is 0 Å². The second-order valence-corrected chi connectivity index (χ2v) is 5.26. The molecule has 0 saturated carbocycles. The van der Waals surface area contributed by atoms with E-state index in [4.69, 9.17) is 5.73 Å². The standard InChI is InChI=1S/C14H25N3/c1-10(2)12(4)17(5)14-13(9-11(3)15)7-6-8-16-14/h6-8,10-12H,9,15H2,1-5H3. The fraction of sp³-hybridized carbons (Fsp3) is 0.643. The third-order valence-electron chi connectivity index (χ3n) is 3.32. The van der Waals surface area contributed by atoms with Crippen LogP contribution in [0.3, 0.4) is 0 Å². The minimum Gasteiger partial charge on any atom is -0.356 e. The minimum atomic E-state index is 0.167. The normalized spacial score (nSPS) is 14.8. The summed E-state index contributed by atoms with van der Waals surface area (Å²) in [5.41, 5.74) is 7.12. The van der Waals surface area contributed by atoms with Crippen LogP contribution in [0.25, 0.3) is 0 Å². The number of nitrogens with zero attached hydrogens (tertiary/aromatic N) is 2. The van der Waals surface area contributed by atoms with Crippen LogP contribution in [0.15, 0.2) is 18.3 Å². The molecule has 0 fully saturated rings. The molecule has 1 aromatic heterocycles. The van der Waals surface area contributed by atoms with Crippen LogP contribution in [0.2, 0.25) is 0 Å². The molecule has 1 aromatic rings. The highest BCUT2D eigenvalue weighted by atomic mass is 15.2. The molecular weight excluding hydrogens is 210 g/mol. The molecule has 0 radical (unpaired) electrons. The van der Waals surface area contributed by atoms with E-state index in [0.717, 1.165) is 12.2 Å². The van der Waals surface area contributed by atoms with Crippen LogP contribution in [0.5, 0.6) is 0 Å². The molecule has 1 rings (SSSR count). The van der Waals surface area contributed by atoms with E-state index in [0.29, 0.717) is 12.0 Å². The molecule has 0 aliphatic heterocycles. The first-order valence-corrected chi connectivity index (χ1v) is 6.35. The second kappa shape index (κ2) is 6.01. The van der Waals surface area contributed by atoms with E-state index >= 15 is 0 Å². The molecular formula is C14H25N3. The van der Waals surface area contributed by atoms with E-state index in [9.17, 15) is 0 Å². The third-order valence-corrected chi connectivity index (χ3v) is 3.32. The summed E-state index contributed by atoms with van der Waals surface area (Å²) in [5, 5.41) is 0. The van der Waals surface area contributed by atoms with Crippen molar-refractivity contribution in [1.29, 1.82) is 0 Å². The Balaban J connectivity index is 2.96. The quantitative estimate of drug-likeness (QED) is 0.852. The molecule has 2 atom stereocenters. The first-order chi connectivity index (χ1) is 7.93. The van der Waals surface area contributed by atoms with Crippen molar-refractivity contribution >= 4 is 5.82 Å². The van der Waals surface area contributed by atoms with Crippen LogP contribution in [0.1, 0.15) is 33.3 Å². The SMILES string of the molecule is CC(N)Cc1cccnc1N(C)C(C)C(C)C. The number of pyridine rings is 1. The highest BCUT2D eigenvalue weighted by Gasteiger charge is 2.17. The summed E-state index contributed by atoms with van der Waals surface area (Å²) in [5.74, 6) is 1.66. The average Bonchev–Trinajstić information content (AvgIpc) is 2.27. The largest absolute Gasteiger partial charge is 0.356 e. The molecule has 0 amide bonds. The maximum atomic E-state index is 5.88. The summed E-state index contributed by atoms with van der Waals surface area (Å²) in [7, 11) is 2.11. The summed E-state index contributed by atoms with van der Waals surface area (Å²) in [6.07, 6.45) is 2.72. The van der Waals surface area contributed by atoms with Crippen molar-refractivity contribution in [3.05, 3.63) is 23.9 Å². The van der Waals surface area contributed by atoms with Crippen molar-refractivity contribution in [2.24, 2.45) is 11.7 Å². The molecule has 3 heteroatoms. The number of hydrogen-bond donors (Lipinski definition) is 1. The monoisotopic (exact) mass is 235 g/mol. The van der Waals surface area contributed by atoms with Gasteiger partial charge in [0.25, 0.3) is 0 Å². The van der Waals surface area contributed by atoms with Gasteiger partial charge in [0.15, 0.2) is 0 Å². The van der Waals surface area contributed by atoms with Crippen molar-refractivity contribution in [3.63, 3.8) is 0 Å². The molecule has 2 unspecified atom stereocenters. The van der Waals surface area contributed by atoms with Crippen molar-refractivity contribution in [2.45, 2.75) is 46.2 Å². The number of anilines is 1. The first-order valence-electron chi connectivity index (χ1n) is 6.35. The van der Waals surface area contributed by atoms with Crippen LogP contribution < -0.4 is 10.6 Å². The average molecular weight is 235 g/mol. The van der Waals surface area contributed by atoms with Crippen LogP contribution in [-0.4, -0.2) is 24.1 Å². The molecule has 0 aromatic carbocycles. The molecule has 0 bridgehead atoms. The minimum absolute atomic E-state index is 0.167. The Labute approximate surface area is 105 Å². The van der Waals surface area contributed by atoms with Crippen molar-refractivity contribution in [2.75, 3.05) is 11.9 Å². The number of nitrogens with two attached hydrogens (primary N) is 1. The summed E-state index contributed by atoms with van der Waals surface area (Å²) >= 11 is 0. The summed E-state index contributed by atoms with van der Waals surface area (Å²) < 4.78 is 0. The predicted octanol–water partition coefficient (Wildman–Crippen LogP) is 2.45. The van der Waals surface area contributed by atoms with Gasteiger partial charge in [-0.2, -0.15) is 0 Å². The summed E-state index contributed by atoms with van der Waals surface area (Å²) in [4.78, 5) is 6.76. The van der Waals surface area contributed by atoms with Gasteiger partial charge < -0.3 is 10.6 Å². The predicted molar refractivity (Wildman–Crippen MR) is 74.3 cm³/mol. The zero-order valence-corrected chi connectivity index (χ0v) is 11.6. The molecule has 2 N–H and O–H groups in total. The molecule has 0 aliphatic rings. The molecule has 0 saturated heterocycles. The lowest BCUT2D eigenvalue weighted by molar-refractivity contribution is 0.501. The summed E-state index contributed by atoms with van der Waals surface area (Å²) in [6.45, 7) is 8.72. The fourth-order valence-corrected chi connectivity index (χ4v) is 1.89. The highest BCUT2D eigenvalue weighted by Crippen LogP contribution is 2.21. The van der Waals surface area contributed by atoms with Gasteiger partial charge in [0.1, 0.15) is 5.82 Å². The Morgan fingerprint density at radius 2 is 1.94 bits per heavy atom. The number of hydrogen-bond acceptors (Lipinski definition) is 3. The van der Waals surface area contributed by atoms with Gasteiger partial charge in [-0.1, -0.05) is 19.9 Å². The first kappa shape index (κ1) is 14.0. The van der Waals surface area contributed by atoms with Crippen molar-refractivity contribution < 1.29 is 0 Å². The fourth-order valence-electron chi connectivity index (χ4n) is 1.89. The zero-order chi connectivity index (χ0) is 13.0. The molecule has 17 heavy (non-hydrogen) atoms. The van der Waals surface area contributed by atoms with E-state index in [2.05, 4.69) is 43.8 Å². The van der Waals surface area contributed by atoms with Gasteiger partial charge in [-0.15, -0.1) is 0 Å². The van der Waals surface area contributed by atoms with Gasteiger partial charge in [0, 0.05) is 25.3 Å². The van der Waals surface area contributed by atoms with E-state index in [1.165, 1.54) is 5.56 Å². The Bertz CT molecular complexity index is 347. The van der Waals surface area contributed by atoms with Gasteiger partial charge in [-0.25, -0.2) is 4.98 Å². The second-order valence-electron chi connectivity index (χ2n) is 5.26. The maximum absolute atomic E-state index is 5.88.